The lowest BCUT2D eigenvalue weighted by Gasteiger charge is -2.16. The van der Waals surface area contributed by atoms with Crippen LogP contribution < -0.4 is 14.8 Å². The van der Waals surface area contributed by atoms with E-state index in [0.29, 0.717) is 35.6 Å². The molecule has 0 unspecified atom stereocenters. The van der Waals surface area contributed by atoms with E-state index in [9.17, 15) is 0 Å². The summed E-state index contributed by atoms with van der Waals surface area (Å²) in [7, 11) is 3.31. The Bertz CT molecular complexity index is 665. The van der Waals surface area contributed by atoms with Gasteiger partial charge in [-0.1, -0.05) is 41.4 Å². The van der Waals surface area contributed by atoms with E-state index in [2.05, 4.69) is 5.32 Å². The van der Waals surface area contributed by atoms with Crippen LogP contribution in [0.15, 0.2) is 36.4 Å². The van der Waals surface area contributed by atoms with Crippen molar-refractivity contribution in [2.45, 2.75) is 13.2 Å². The molecule has 0 fully saturated rings. The summed E-state index contributed by atoms with van der Waals surface area (Å²) in [6.45, 7) is 2.46. The van der Waals surface area contributed by atoms with E-state index in [4.69, 9.17) is 37.4 Å². The van der Waals surface area contributed by atoms with Crippen molar-refractivity contribution in [3.63, 3.8) is 0 Å². The van der Waals surface area contributed by atoms with Crippen molar-refractivity contribution < 1.29 is 14.2 Å². The molecule has 0 amide bonds. The molecule has 0 saturated heterocycles. The Morgan fingerprint density at radius 1 is 1.04 bits per heavy atom. The number of nitrogens with one attached hydrogen (secondary N) is 1. The molecule has 4 nitrogen and oxygen atoms in total. The van der Waals surface area contributed by atoms with Gasteiger partial charge in [0.15, 0.2) is 11.5 Å². The third kappa shape index (κ3) is 5.28. The fraction of sp³-hybridized carbons (Fsp3) is 0.333. The Morgan fingerprint density at radius 3 is 2.58 bits per heavy atom. The van der Waals surface area contributed by atoms with Gasteiger partial charge >= 0.3 is 0 Å². The molecule has 2 rings (SSSR count). The van der Waals surface area contributed by atoms with Gasteiger partial charge in [-0.15, -0.1) is 0 Å². The molecule has 1 N–H and O–H groups in total. The molecule has 0 saturated carbocycles. The van der Waals surface area contributed by atoms with Crippen molar-refractivity contribution in [2.75, 3.05) is 27.4 Å². The molecule has 2 aromatic rings. The number of rotatable bonds is 9. The summed E-state index contributed by atoms with van der Waals surface area (Å²) in [6, 6.07) is 11.3. The first kappa shape index (κ1) is 18.9. The molecule has 0 bridgehead atoms. The summed E-state index contributed by atoms with van der Waals surface area (Å²) in [5.41, 5.74) is 1.96. The molecule has 0 aliphatic rings. The predicted molar refractivity (Wildman–Crippen MR) is 97.4 cm³/mol. The van der Waals surface area contributed by atoms with Crippen molar-refractivity contribution in [3.8, 4) is 11.5 Å². The van der Waals surface area contributed by atoms with Crippen LogP contribution in [0.4, 0.5) is 0 Å². The van der Waals surface area contributed by atoms with E-state index in [1.807, 2.05) is 24.3 Å². The van der Waals surface area contributed by atoms with Crippen molar-refractivity contribution in [2.24, 2.45) is 0 Å². The minimum Gasteiger partial charge on any atom is -0.493 e. The van der Waals surface area contributed by atoms with E-state index in [1.165, 1.54) is 0 Å². The Labute approximate surface area is 152 Å². The van der Waals surface area contributed by atoms with E-state index in [0.717, 1.165) is 23.4 Å². The zero-order valence-corrected chi connectivity index (χ0v) is 15.3. The number of ether oxygens (including phenoxy) is 3. The molecule has 0 heterocycles. The largest absolute Gasteiger partial charge is 0.493 e. The molecular formula is C18H21Cl2NO3. The molecule has 0 aromatic heterocycles. The minimum absolute atomic E-state index is 0.377. The van der Waals surface area contributed by atoms with Gasteiger partial charge in [0.05, 0.1) is 23.8 Å². The monoisotopic (exact) mass is 369 g/mol. The third-order valence-electron chi connectivity index (χ3n) is 3.45. The average Bonchev–Trinajstić information content (AvgIpc) is 2.60. The Kier molecular flexibility index (Phi) is 7.66. The first-order chi connectivity index (χ1) is 11.7. The Balaban J connectivity index is 2.09. The first-order valence-corrected chi connectivity index (χ1v) is 8.33. The molecule has 2 aromatic carbocycles. The number of hydrogen-bond acceptors (Lipinski definition) is 4. The second-order valence-corrected chi connectivity index (χ2v) is 5.97. The highest BCUT2D eigenvalue weighted by molar-refractivity contribution is 6.42. The van der Waals surface area contributed by atoms with Gasteiger partial charge in [-0.25, -0.2) is 0 Å². The molecule has 0 aliphatic heterocycles. The highest BCUT2D eigenvalue weighted by Crippen LogP contribution is 2.32. The Morgan fingerprint density at radius 2 is 1.88 bits per heavy atom. The average molecular weight is 370 g/mol. The van der Waals surface area contributed by atoms with Gasteiger partial charge in [-0.05, 0) is 23.8 Å². The van der Waals surface area contributed by atoms with Gasteiger partial charge in [0, 0.05) is 25.8 Å². The molecule has 0 atom stereocenters. The number of para-hydroxylation sites is 1. The summed E-state index contributed by atoms with van der Waals surface area (Å²) in [4.78, 5) is 0. The highest BCUT2D eigenvalue weighted by atomic mass is 35.5. The maximum atomic E-state index is 6.05. The van der Waals surface area contributed by atoms with Crippen molar-refractivity contribution in [1.82, 2.24) is 5.32 Å². The van der Waals surface area contributed by atoms with Crippen molar-refractivity contribution in [3.05, 3.63) is 57.6 Å². The van der Waals surface area contributed by atoms with E-state index in [-0.39, 0.29) is 0 Å². The number of benzene rings is 2. The number of methoxy groups -OCH3 is 2. The zero-order chi connectivity index (χ0) is 17.4. The molecule has 0 radical (unpaired) electrons. The summed E-state index contributed by atoms with van der Waals surface area (Å²) < 4.78 is 16.5. The lowest BCUT2D eigenvalue weighted by Crippen LogP contribution is -2.19. The lowest BCUT2D eigenvalue weighted by molar-refractivity contribution is 0.199. The maximum Gasteiger partial charge on any atom is 0.166 e. The molecule has 130 valence electrons. The predicted octanol–water partition coefficient (Wildman–Crippen LogP) is 4.32. The molecule has 0 spiro atoms. The molecular weight excluding hydrogens is 349 g/mol. The van der Waals surface area contributed by atoms with Crippen LogP contribution in [0.2, 0.25) is 10.0 Å². The normalized spacial score (nSPS) is 10.7. The van der Waals surface area contributed by atoms with Crippen LogP contribution in [0.25, 0.3) is 0 Å². The molecule has 6 heteroatoms. The standard InChI is InChI=1S/C18H21Cl2NO3/c1-22-9-8-21-11-14-4-3-5-17(23-2)18(14)24-12-13-6-7-15(19)16(20)10-13/h3-7,10,21H,8-9,11-12H2,1-2H3. The Hall–Kier alpha value is -1.46. The summed E-state index contributed by atoms with van der Waals surface area (Å²) in [6.07, 6.45) is 0. The van der Waals surface area contributed by atoms with Crippen LogP contribution in [0, 0.1) is 0 Å². The van der Waals surface area contributed by atoms with Crippen molar-refractivity contribution in [1.29, 1.82) is 0 Å². The summed E-state index contributed by atoms with van der Waals surface area (Å²) >= 11 is 12.0. The minimum atomic E-state index is 0.377. The second kappa shape index (κ2) is 9.74. The van der Waals surface area contributed by atoms with E-state index in [1.54, 1.807) is 26.4 Å². The maximum absolute atomic E-state index is 6.05. The third-order valence-corrected chi connectivity index (χ3v) is 4.18. The summed E-state index contributed by atoms with van der Waals surface area (Å²) in [5.74, 6) is 1.41. The van der Waals surface area contributed by atoms with Gasteiger partial charge in [0.2, 0.25) is 0 Å². The van der Waals surface area contributed by atoms with Crippen molar-refractivity contribution >= 4 is 23.2 Å². The van der Waals surface area contributed by atoms with Gasteiger partial charge in [0.1, 0.15) is 6.61 Å². The summed E-state index contributed by atoms with van der Waals surface area (Å²) in [5, 5.41) is 4.35. The van der Waals surface area contributed by atoms with Gasteiger partial charge in [-0.2, -0.15) is 0 Å². The SMILES string of the molecule is COCCNCc1cccc(OC)c1OCc1ccc(Cl)c(Cl)c1. The molecule has 24 heavy (non-hydrogen) atoms. The lowest BCUT2D eigenvalue weighted by atomic mass is 10.1. The van der Waals surface area contributed by atoms with Gasteiger partial charge in [-0.3, -0.25) is 0 Å². The van der Waals surface area contributed by atoms with Crippen LogP contribution >= 0.6 is 23.2 Å². The van der Waals surface area contributed by atoms with Crippen LogP contribution in [0.1, 0.15) is 11.1 Å². The second-order valence-electron chi connectivity index (χ2n) is 5.16. The van der Waals surface area contributed by atoms with Gasteiger partial charge in [0.25, 0.3) is 0 Å². The van der Waals surface area contributed by atoms with E-state index >= 15 is 0 Å². The van der Waals surface area contributed by atoms with E-state index < -0.39 is 0 Å². The van der Waals surface area contributed by atoms with Crippen LogP contribution in [-0.4, -0.2) is 27.4 Å². The number of hydrogen-bond donors (Lipinski definition) is 1. The number of halogens is 2. The fourth-order valence-corrected chi connectivity index (χ4v) is 2.53. The van der Waals surface area contributed by atoms with Crippen LogP contribution in [0.5, 0.6) is 11.5 Å². The zero-order valence-electron chi connectivity index (χ0n) is 13.8. The van der Waals surface area contributed by atoms with Gasteiger partial charge < -0.3 is 19.5 Å². The first-order valence-electron chi connectivity index (χ1n) is 7.58. The van der Waals surface area contributed by atoms with Crippen LogP contribution in [0.3, 0.4) is 0 Å². The fourth-order valence-electron chi connectivity index (χ4n) is 2.21. The quantitative estimate of drug-likeness (QED) is 0.668. The highest BCUT2D eigenvalue weighted by Gasteiger charge is 2.11. The topological polar surface area (TPSA) is 39.7 Å². The molecule has 0 aliphatic carbocycles. The smallest absolute Gasteiger partial charge is 0.166 e. The van der Waals surface area contributed by atoms with Crippen LogP contribution in [-0.2, 0) is 17.9 Å².